The maximum atomic E-state index is 13.9. The topological polar surface area (TPSA) is 78.7 Å². The molecule has 0 spiro atoms. The van der Waals surface area contributed by atoms with Gasteiger partial charge in [0.25, 0.3) is 5.91 Å². The lowest BCUT2D eigenvalue weighted by Gasteiger charge is -2.34. The van der Waals surface area contributed by atoms with Gasteiger partial charge >= 0.3 is 0 Å². The van der Waals surface area contributed by atoms with E-state index in [2.05, 4.69) is 36.0 Å². The zero-order valence-corrected chi connectivity index (χ0v) is 20.1. The van der Waals surface area contributed by atoms with Crippen LogP contribution < -0.4 is 10.2 Å². The fourth-order valence-electron chi connectivity index (χ4n) is 3.95. The first-order chi connectivity index (χ1) is 16.3. The maximum absolute atomic E-state index is 13.9. The Morgan fingerprint density at radius 2 is 1.82 bits per heavy atom. The summed E-state index contributed by atoms with van der Waals surface area (Å²) in [4.78, 5) is 26.3. The van der Waals surface area contributed by atoms with Crippen LogP contribution in [0.25, 0.3) is 16.2 Å². The van der Waals surface area contributed by atoms with Gasteiger partial charge in [0.1, 0.15) is 11.5 Å². The smallest absolute Gasteiger partial charge is 0.254 e. The molecule has 0 aliphatic carbocycles. The Labute approximate surface area is 201 Å². The zero-order valence-electron chi connectivity index (χ0n) is 19.3. The van der Waals surface area contributed by atoms with Crippen molar-refractivity contribution in [1.82, 2.24) is 24.5 Å². The van der Waals surface area contributed by atoms with E-state index in [0.29, 0.717) is 43.0 Å². The molecule has 0 atom stereocenters. The molecule has 4 aromatic rings. The van der Waals surface area contributed by atoms with Crippen molar-refractivity contribution in [3.8, 4) is 11.3 Å². The number of benzene rings is 1. The number of fused-ring (bicyclic) bond motifs is 1. The third kappa shape index (κ3) is 4.45. The van der Waals surface area contributed by atoms with E-state index < -0.39 is 0 Å². The summed E-state index contributed by atoms with van der Waals surface area (Å²) in [5.74, 6) is 0.456. The molecule has 0 bridgehead atoms. The number of anilines is 2. The van der Waals surface area contributed by atoms with Gasteiger partial charge in [-0.1, -0.05) is 23.5 Å². The predicted molar refractivity (Wildman–Crippen MR) is 132 cm³/mol. The fraction of sp³-hybridized carbons (Fsp3) is 0.333. The van der Waals surface area contributed by atoms with Crippen molar-refractivity contribution in [2.75, 3.05) is 36.4 Å². The highest BCUT2D eigenvalue weighted by atomic mass is 32.1. The number of piperazine rings is 1. The first-order valence-corrected chi connectivity index (χ1v) is 12.0. The summed E-state index contributed by atoms with van der Waals surface area (Å²) in [5.41, 5.74) is 1.79. The number of halogens is 1. The number of aromatic nitrogens is 4. The largest absolute Gasteiger partial charge is 0.364 e. The average Bonchev–Trinajstić information content (AvgIpc) is 3.38. The number of amides is 1. The molecular weight excluding hydrogens is 453 g/mol. The number of hydrogen-bond donors (Lipinski definition) is 1. The minimum atomic E-state index is -0.302. The quantitative estimate of drug-likeness (QED) is 0.474. The van der Waals surface area contributed by atoms with Crippen molar-refractivity contribution in [2.24, 2.45) is 0 Å². The number of carbonyl (C=O) groups excluding carboxylic acids is 1. The number of carbonyl (C=O) groups is 1. The zero-order chi connectivity index (χ0) is 23.9. The molecule has 5 rings (SSSR count). The van der Waals surface area contributed by atoms with Crippen LogP contribution in [0.3, 0.4) is 0 Å². The van der Waals surface area contributed by atoms with Gasteiger partial charge in [-0.15, -0.1) is 5.10 Å². The lowest BCUT2D eigenvalue weighted by atomic mass is 10.1. The van der Waals surface area contributed by atoms with Crippen LogP contribution in [0.4, 0.5) is 15.3 Å². The number of rotatable bonds is 4. The minimum absolute atomic E-state index is 0.0207. The summed E-state index contributed by atoms with van der Waals surface area (Å²) in [7, 11) is 0. The van der Waals surface area contributed by atoms with Crippen molar-refractivity contribution < 1.29 is 9.18 Å². The normalized spacial score (nSPS) is 14.6. The molecule has 10 heteroatoms. The van der Waals surface area contributed by atoms with Crippen LogP contribution in [0.2, 0.25) is 0 Å². The number of hydrogen-bond acceptors (Lipinski definition) is 7. The minimum Gasteiger partial charge on any atom is -0.364 e. The first kappa shape index (κ1) is 22.3. The predicted octanol–water partition coefficient (Wildman–Crippen LogP) is 4.16. The summed E-state index contributed by atoms with van der Waals surface area (Å²) in [5, 5.41) is 9.19. The molecule has 3 aromatic heterocycles. The standard InChI is InChI=1S/C24H26FN7OS/c1-24(2,3)28-20-19(17-5-4-6-18(25)15-17)27-22-32(20)29-23(34-22)31-13-11-30(12-14-31)21(33)16-7-9-26-10-8-16/h4-10,15,28H,11-14H2,1-3H3. The molecule has 0 radical (unpaired) electrons. The average molecular weight is 480 g/mol. The van der Waals surface area contributed by atoms with E-state index in [-0.39, 0.29) is 17.3 Å². The van der Waals surface area contributed by atoms with Gasteiger partial charge in [-0.3, -0.25) is 9.78 Å². The second-order valence-electron chi connectivity index (χ2n) is 9.29. The summed E-state index contributed by atoms with van der Waals surface area (Å²) >= 11 is 1.49. The lowest BCUT2D eigenvalue weighted by molar-refractivity contribution is 0.0746. The molecule has 1 aliphatic rings. The second kappa shape index (κ2) is 8.68. The van der Waals surface area contributed by atoms with Crippen LogP contribution in [0.5, 0.6) is 0 Å². The Morgan fingerprint density at radius 3 is 2.50 bits per heavy atom. The summed E-state index contributed by atoms with van der Waals surface area (Å²) in [6, 6.07) is 9.93. The number of nitrogens with one attached hydrogen (secondary N) is 1. The van der Waals surface area contributed by atoms with E-state index in [1.165, 1.54) is 23.5 Å². The third-order valence-corrected chi connectivity index (χ3v) is 6.52. The molecule has 34 heavy (non-hydrogen) atoms. The number of imidazole rings is 1. The Morgan fingerprint density at radius 1 is 1.09 bits per heavy atom. The summed E-state index contributed by atoms with van der Waals surface area (Å²) in [6.45, 7) is 8.80. The molecule has 1 fully saturated rings. The van der Waals surface area contributed by atoms with E-state index in [1.54, 1.807) is 35.1 Å². The molecule has 1 N–H and O–H groups in total. The monoisotopic (exact) mass is 479 g/mol. The first-order valence-electron chi connectivity index (χ1n) is 11.2. The van der Waals surface area contributed by atoms with Gasteiger partial charge in [-0.2, -0.15) is 4.52 Å². The van der Waals surface area contributed by atoms with Crippen molar-refractivity contribution in [3.63, 3.8) is 0 Å². The van der Waals surface area contributed by atoms with Crippen LogP contribution in [0.1, 0.15) is 31.1 Å². The van der Waals surface area contributed by atoms with Crippen LogP contribution in [-0.4, -0.2) is 62.1 Å². The van der Waals surface area contributed by atoms with Crippen LogP contribution in [-0.2, 0) is 0 Å². The molecule has 0 unspecified atom stereocenters. The Hall–Kier alpha value is -3.53. The van der Waals surface area contributed by atoms with Crippen LogP contribution in [0.15, 0.2) is 48.8 Å². The molecule has 1 amide bonds. The molecule has 8 nitrogen and oxygen atoms in total. The van der Waals surface area contributed by atoms with E-state index in [0.717, 1.165) is 15.9 Å². The second-order valence-corrected chi connectivity index (χ2v) is 10.2. The van der Waals surface area contributed by atoms with Gasteiger partial charge in [0.15, 0.2) is 5.82 Å². The number of nitrogens with zero attached hydrogens (tertiary/aromatic N) is 6. The molecule has 1 aliphatic heterocycles. The Kier molecular flexibility index (Phi) is 5.68. The van der Waals surface area contributed by atoms with Crippen molar-refractivity contribution in [1.29, 1.82) is 0 Å². The summed E-state index contributed by atoms with van der Waals surface area (Å²) in [6.07, 6.45) is 3.27. The lowest BCUT2D eigenvalue weighted by Crippen LogP contribution is -2.48. The SMILES string of the molecule is CC(C)(C)Nc1c(-c2cccc(F)c2)nc2sc(N3CCN(C(=O)c4ccncc4)CC3)nn12. The summed E-state index contributed by atoms with van der Waals surface area (Å²) < 4.78 is 15.7. The van der Waals surface area contributed by atoms with Gasteiger partial charge in [-0.05, 0) is 45.0 Å². The van der Waals surface area contributed by atoms with E-state index in [1.807, 2.05) is 11.0 Å². The third-order valence-electron chi connectivity index (χ3n) is 5.55. The highest BCUT2D eigenvalue weighted by Gasteiger charge is 2.27. The van der Waals surface area contributed by atoms with Crippen LogP contribution in [0, 0.1) is 5.82 Å². The molecule has 4 heterocycles. The van der Waals surface area contributed by atoms with E-state index >= 15 is 0 Å². The van der Waals surface area contributed by atoms with Gasteiger partial charge < -0.3 is 15.1 Å². The molecule has 1 aromatic carbocycles. The number of pyridine rings is 1. The Bertz CT molecular complexity index is 1320. The van der Waals surface area contributed by atoms with Crippen LogP contribution >= 0.6 is 11.3 Å². The van der Waals surface area contributed by atoms with Gasteiger partial charge in [0, 0.05) is 55.2 Å². The van der Waals surface area contributed by atoms with Gasteiger partial charge in [-0.25, -0.2) is 9.37 Å². The fourth-order valence-corrected chi connectivity index (χ4v) is 4.90. The Balaban J connectivity index is 1.40. The van der Waals surface area contributed by atoms with E-state index in [4.69, 9.17) is 10.1 Å². The van der Waals surface area contributed by atoms with E-state index in [9.17, 15) is 9.18 Å². The molecule has 1 saturated heterocycles. The van der Waals surface area contributed by atoms with Gasteiger partial charge in [0.2, 0.25) is 10.1 Å². The molecule has 176 valence electrons. The molecular formula is C24H26FN7OS. The van der Waals surface area contributed by atoms with Crippen molar-refractivity contribution in [2.45, 2.75) is 26.3 Å². The van der Waals surface area contributed by atoms with Gasteiger partial charge in [0.05, 0.1) is 0 Å². The van der Waals surface area contributed by atoms with Crippen molar-refractivity contribution in [3.05, 3.63) is 60.2 Å². The van der Waals surface area contributed by atoms with Crippen molar-refractivity contribution >= 4 is 33.2 Å². The molecule has 0 saturated carbocycles. The highest BCUT2D eigenvalue weighted by Crippen LogP contribution is 2.35. The highest BCUT2D eigenvalue weighted by molar-refractivity contribution is 7.20. The maximum Gasteiger partial charge on any atom is 0.254 e.